The maximum atomic E-state index is 12.0. The summed E-state index contributed by atoms with van der Waals surface area (Å²) in [5.74, 6) is 0.261. The van der Waals surface area contributed by atoms with Crippen molar-refractivity contribution in [2.75, 3.05) is 5.75 Å². The van der Waals surface area contributed by atoms with Gasteiger partial charge in [0.25, 0.3) is 5.56 Å². The second-order valence-electron chi connectivity index (χ2n) is 5.23. The predicted molar refractivity (Wildman–Crippen MR) is 92.8 cm³/mol. The Hall–Kier alpha value is -1.46. The van der Waals surface area contributed by atoms with E-state index in [1.165, 1.54) is 11.8 Å². The fourth-order valence-electron chi connectivity index (χ4n) is 2.08. The summed E-state index contributed by atoms with van der Waals surface area (Å²) >= 11 is 7.38. The number of carbonyl (C=O) groups is 1. The first-order valence-corrected chi connectivity index (χ1v) is 8.50. The van der Waals surface area contributed by atoms with Gasteiger partial charge in [-0.15, -0.1) is 11.8 Å². The fraction of sp³-hybridized carbons (Fsp3) is 0.375. The molecule has 2 aromatic rings. The summed E-state index contributed by atoms with van der Waals surface area (Å²) in [7, 11) is 1.71. The second kappa shape index (κ2) is 7.20. The standard InChI is InChI=1S/C16H19ClN2O2S/c1-4-10(2)18-15(20)9-22-14-8-16(21)19(3)13-7-11(17)5-6-12(13)14/h5-8,10H,4,9H2,1-3H3,(H,18,20)/t10-/m0/s1. The van der Waals surface area contributed by atoms with E-state index in [0.717, 1.165) is 22.2 Å². The lowest BCUT2D eigenvalue weighted by molar-refractivity contribution is -0.119. The van der Waals surface area contributed by atoms with Crippen molar-refractivity contribution < 1.29 is 4.79 Å². The molecule has 0 aliphatic rings. The van der Waals surface area contributed by atoms with Crippen molar-refractivity contribution in [3.63, 3.8) is 0 Å². The number of pyridine rings is 1. The van der Waals surface area contributed by atoms with E-state index in [2.05, 4.69) is 5.32 Å². The lowest BCUT2D eigenvalue weighted by atomic mass is 10.2. The van der Waals surface area contributed by atoms with E-state index >= 15 is 0 Å². The Morgan fingerprint density at radius 1 is 1.41 bits per heavy atom. The topological polar surface area (TPSA) is 51.1 Å². The number of nitrogens with zero attached hydrogens (tertiary/aromatic N) is 1. The van der Waals surface area contributed by atoms with Crippen molar-refractivity contribution in [2.45, 2.75) is 31.2 Å². The zero-order valence-electron chi connectivity index (χ0n) is 12.9. The minimum Gasteiger partial charge on any atom is -0.353 e. The fourth-order valence-corrected chi connectivity index (χ4v) is 3.13. The number of thioether (sulfide) groups is 1. The van der Waals surface area contributed by atoms with E-state index in [4.69, 9.17) is 11.6 Å². The highest BCUT2D eigenvalue weighted by atomic mass is 35.5. The highest BCUT2D eigenvalue weighted by Gasteiger charge is 2.11. The van der Waals surface area contributed by atoms with Gasteiger partial charge in [0.05, 0.1) is 11.3 Å². The molecule has 22 heavy (non-hydrogen) atoms. The normalized spacial score (nSPS) is 12.4. The summed E-state index contributed by atoms with van der Waals surface area (Å²) in [4.78, 5) is 24.7. The molecule has 0 fully saturated rings. The molecular formula is C16H19ClN2O2S. The number of aromatic nitrogens is 1. The Bertz CT molecular complexity index is 758. The van der Waals surface area contributed by atoms with Gasteiger partial charge in [0.2, 0.25) is 5.91 Å². The predicted octanol–water partition coefficient (Wildman–Crippen LogP) is 3.20. The average molecular weight is 339 g/mol. The molecule has 0 saturated heterocycles. The molecule has 0 bridgehead atoms. The molecule has 118 valence electrons. The maximum Gasteiger partial charge on any atom is 0.251 e. The van der Waals surface area contributed by atoms with Crippen molar-refractivity contribution in [3.05, 3.63) is 39.6 Å². The largest absolute Gasteiger partial charge is 0.353 e. The lowest BCUT2D eigenvalue weighted by Crippen LogP contribution is -2.33. The molecule has 1 amide bonds. The lowest BCUT2D eigenvalue weighted by Gasteiger charge is -2.12. The number of carbonyl (C=O) groups excluding carboxylic acids is 1. The van der Waals surface area contributed by atoms with Crippen LogP contribution < -0.4 is 10.9 Å². The van der Waals surface area contributed by atoms with Gasteiger partial charge in [0.15, 0.2) is 0 Å². The van der Waals surface area contributed by atoms with E-state index in [1.807, 2.05) is 19.9 Å². The van der Waals surface area contributed by atoms with Gasteiger partial charge in [0.1, 0.15) is 0 Å². The van der Waals surface area contributed by atoms with Crippen molar-refractivity contribution in [2.24, 2.45) is 7.05 Å². The Labute approximate surface area is 138 Å². The SMILES string of the molecule is CC[C@H](C)NC(=O)CSc1cc(=O)n(C)c2cc(Cl)ccc12. The molecule has 1 N–H and O–H groups in total. The third kappa shape index (κ3) is 3.84. The van der Waals surface area contributed by atoms with Gasteiger partial charge in [-0.3, -0.25) is 9.59 Å². The first-order valence-electron chi connectivity index (χ1n) is 7.13. The summed E-state index contributed by atoms with van der Waals surface area (Å²) in [6, 6.07) is 7.16. The minimum absolute atomic E-state index is 0.0258. The highest BCUT2D eigenvalue weighted by molar-refractivity contribution is 8.00. The second-order valence-corrected chi connectivity index (χ2v) is 6.69. The summed E-state index contributed by atoms with van der Waals surface area (Å²) in [6.07, 6.45) is 0.893. The smallest absolute Gasteiger partial charge is 0.251 e. The Morgan fingerprint density at radius 2 is 2.14 bits per heavy atom. The quantitative estimate of drug-likeness (QED) is 0.852. The van der Waals surface area contributed by atoms with Gasteiger partial charge in [0, 0.05) is 34.5 Å². The number of rotatable bonds is 5. The van der Waals surface area contributed by atoms with Gasteiger partial charge < -0.3 is 9.88 Å². The molecule has 6 heteroatoms. The highest BCUT2D eigenvalue weighted by Crippen LogP contribution is 2.28. The van der Waals surface area contributed by atoms with E-state index in [1.54, 1.807) is 29.8 Å². The summed E-state index contributed by atoms with van der Waals surface area (Å²) in [5, 5.41) is 4.43. The number of fused-ring (bicyclic) bond motifs is 1. The molecule has 1 aromatic carbocycles. The average Bonchev–Trinajstić information content (AvgIpc) is 2.49. The Morgan fingerprint density at radius 3 is 2.82 bits per heavy atom. The Balaban J connectivity index is 2.27. The molecule has 0 spiro atoms. The minimum atomic E-state index is -0.111. The third-order valence-electron chi connectivity index (χ3n) is 3.55. The zero-order valence-corrected chi connectivity index (χ0v) is 14.4. The van der Waals surface area contributed by atoms with Crippen LogP contribution in [0.1, 0.15) is 20.3 Å². The Kier molecular flexibility index (Phi) is 5.53. The molecule has 0 radical (unpaired) electrons. The molecule has 0 aliphatic carbocycles. The number of hydrogen-bond acceptors (Lipinski definition) is 3. The van der Waals surface area contributed by atoms with E-state index in [0.29, 0.717) is 5.02 Å². The number of halogens is 1. The molecule has 1 aromatic heterocycles. The third-order valence-corrected chi connectivity index (χ3v) is 4.84. The van der Waals surface area contributed by atoms with Crippen LogP contribution in [0.2, 0.25) is 5.02 Å². The van der Waals surface area contributed by atoms with Crippen LogP contribution in [-0.4, -0.2) is 22.3 Å². The number of aryl methyl sites for hydroxylation is 1. The van der Waals surface area contributed by atoms with Crippen LogP contribution in [0.3, 0.4) is 0 Å². The van der Waals surface area contributed by atoms with E-state index < -0.39 is 0 Å². The molecule has 0 saturated carbocycles. The first-order chi connectivity index (χ1) is 10.4. The first kappa shape index (κ1) is 16.9. The van der Waals surface area contributed by atoms with Crippen LogP contribution in [0.4, 0.5) is 0 Å². The number of benzene rings is 1. The molecule has 4 nitrogen and oxygen atoms in total. The summed E-state index contributed by atoms with van der Waals surface area (Å²) < 4.78 is 1.56. The molecule has 1 atom stereocenters. The van der Waals surface area contributed by atoms with Crippen molar-refractivity contribution in [3.8, 4) is 0 Å². The van der Waals surface area contributed by atoms with E-state index in [-0.39, 0.29) is 23.3 Å². The van der Waals surface area contributed by atoms with Crippen LogP contribution in [0.25, 0.3) is 10.9 Å². The van der Waals surface area contributed by atoms with Crippen molar-refractivity contribution >= 4 is 40.2 Å². The van der Waals surface area contributed by atoms with Gasteiger partial charge in [-0.05, 0) is 25.5 Å². The molecule has 1 heterocycles. The zero-order chi connectivity index (χ0) is 16.3. The van der Waals surface area contributed by atoms with Crippen molar-refractivity contribution in [1.82, 2.24) is 9.88 Å². The van der Waals surface area contributed by atoms with Crippen LogP contribution in [0.5, 0.6) is 0 Å². The van der Waals surface area contributed by atoms with Gasteiger partial charge in [-0.25, -0.2) is 0 Å². The van der Waals surface area contributed by atoms with Gasteiger partial charge in [-0.1, -0.05) is 24.6 Å². The molecule has 0 unspecified atom stereocenters. The number of amides is 1. The van der Waals surface area contributed by atoms with Crippen LogP contribution in [0.15, 0.2) is 34.0 Å². The van der Waals surface area contributed by atoms with Gasteiger partial charge in [-0.2, -0.15) is 0 Å². The van der Waals surface area contributed by atoms with E-state index in [9.17, 15) is 9.59 Å². The molecule has 0 aliphatic heterocycles. The maximum absolute atomic E-state index is 12.0. The van der Waals surface area contributed by atoms with Crippen LogP contribution in [0, 0.1) is 0 Å². The van der Waals surface area contributed by atoms with Crippen molar-refractivity contribution in [1.29, 1.82) is 0 Å². The van der Waals surface area contributed by atoms with Crippen LogP contribution in [-0.2, 0) is 11.8 Å². The molecule has 2 rings (SSSR count). The number of hydrogen-bond donors (Lipinski definition) is 1. The molecular weight excluding hydrogens is 320 g/mol. The summed E-state index contributed by atoms with van der Waals surface area (Å²) in [6.45, 7) is 3.99. The monoisotopic (exact) mass is 338 g/mol. The number of nitrogens with one attached hydrogen (secondary N) is 1. The van der Waals surface area contributed by atoms with Crippen LogP contribution >= 0.6 is 23.4 Å². The summed E-state index contributed by atoms with van der Waals surface area (Å²) in [5.41, 5.74) is 0.657. The van der Waals surface area contributed by atoms with Gasteiger partial charge >= 0.3 is 0 Å².